The lowest BCUT2D eigenvalue weighted by molar-refractivity contribution is 0.0851. The number of benzene rings is 1. The third-order valence-corrected chi connectivity index (χ3v) is 2.07. The summed E-state index contributed by atoms with van der Waals surface area (Å²) >= 11 is 0. The summed E-state index contributed by atoms with van der Waals surface area (Å²) in [6.45, 7) is -12.5. The van der Waals surface area contributed by atoms with Gasteiger partial charge in [-0.2, -0.15) is 0 Å². The van der Waals surface area contributed by atoms with Gasteiger partial charge >= 0.3 is 0 Å². The third-order valence-electron chi connectivity index (χ3n) is 2.07. The summed E-state index contributed by atoms with van der Waals surface area (Å²) in [7, 11) is 0. The molecule has 0 N–H and O–H groups in total. The largest absolute Gasteiger partial charge is 0.294 e. The molecule has 0 heterocycles. The number of likely N-dealkylation sites (N-methyl/N-ethyl adjacent to an activating group) is 1. The van der Waals surface area contributed by atoms with E-state index in [1.165, 1.54) is 24.3 Å². The van der Waals surface area contributed by atoms with E-state index < -0.39 is 38.5 Å². The molecule has 15 heavy (non-hydrogen) atoms. The molecule has 2 nitrogen and oxygen atoms in total. The molecular formula is C13H19NO. The fraction of sp³-hybridized carbons (Fsp3) is 0.462. The molecule has 1 rings (SSSR count). The molecule has 2 heteroatoms. The molecule has 0 bridgehead atoms. The predicted molar refractivity (Wildman–Crippen MR) is 63.2 cm³/mol. The highest BCUT2D eigenvalue weighted by Crippen LogP contribution is 2.08. The molecule has 1 atom stereocenters. The molecule has 0 aliphatic carbocycles. The van der Waals surface area contributed by atoms with E-state index in [-0.39, 0.29) is 10.5 Å². The number of carbonyl (C=O) groups excluding carboxylic acids is 1. The maximum absolute atomic E-state index is 12.6. The van der Waals surface area contributed by atoms with Gasteiger partial charge in [0.1, 0.15) is 0 Å². The zero-order valence-corrected chi connectivity index (χ0v) is 8.32. The number of carbonyl (C=O) groups is 1. The van der Waals surface area contributed by atoms with E-state index in [0.717, 1.165) is 6.92 Å². The topological polar surface area (TPSA) is 20.3 Å². The first-order valence-electron chi connectivity index (χ1n) is 9.44. The quantitative estimate of drug-likeness (QED) is 0.704. The monoisotopic (exact) mass is 215 g/mol. The van der Waals surface area contributed by atoms with Crippen molar-refractivity contribution >= 4 is 5.78 Å². The SMILES string of the molecule is [2H]C([2H])([2H])C([2H])([2H])N(C(C)C(=O)c1ccccc1)C([2H])([2H])C([2H])([2H])[2H]. The van der Waals surface area contributed by atoms with Gasteiger partial charge in [-0.15, -0.1) is 0 Å². The minimum Gasteiger partial charge on any atom is -0.294 e. The van der Waals surface area contributed by atoms with Gasteiger partial charge in [0.15, 0.2) is 5.78 Å². The molecular weight excluding hydrogens is 186 g/mol. The van der Waals surface area contributed by atoms with Crippen LogP contribution < -0.4 is 0 Å². The van der Waals surface area contributed by atoms with Crippen molar-refractivity contribution in [3.8, 4) is 0 Å². The van der Waals surface area contributed by atoms with Gasteiger partial charge in [0.2, 0.25) is 0 Å². The number of nitrogens with zero attached hydrogens (tertiary/aromatic N) is 1. The highest BCUT2D eigenvalue weighted by molar-refractivity contribution is 5.99. The molecule has 0 saturated heterocycles. The van der Waals surface area contributed by atoms with E-state index in [1.54, 1.807) is 6.07 Å². The van der Waals surface area contributed by atoms with Gasteiger partial charge in [-0.1, -0.05) is 44.0 Å². The minimum atomic E-state index is -3.39. The van der Waals surface area contributed by atoms with E-state index >= 15 is 0 Å². The Kier molecular flexibility index (Phi) is 1.52. The number of ketones is 1. The third kappa shape index (κ3) is 2.90. The minimum absolute atomic E-state index is 0.00463. The molecule has 0 saturated carbocycles. The predicted octanol–water partition coefficient (Wildman–Crippen LogP) is 2.60. The highest BCUT2D eigenvalue weighted by Gasteiger charge is 2.19. The van der Waals surface area contributed by atoms with Crippen LogP contribution in [0.25, 0.3) is 0 Å². The maximum atomic E-state index is 12.6. The van der Waals surface area contributed by atoms with Gasteiger partial charge in [0.05, 0.1) is 6.04 Å². The summed E-state index contributed by atoms with van der Waals surface area (Å²) in [6, 6.07) is 5.80. The van der Waals surface area contributed by atoms with Crippen molar-refractivity contribution in [3.05, 3.63) is 35.9 Å². The lowest BCUT2D eigenvalue weighted by Crippen LogP contribution is -2.38. The molecule has 1 aromatic rings. The molecule has 0 aliphatic heterocycles. The number of hydrogen-bond acceptors (Lipinski definition) is 2. The zero-order valence-electron chi connectivity index (χ0n) is 18.3. The van der Waals surface area contributed by atoms with E-state index in [9.17, 15) is 4.79 Å². The second-order valence-electron chi connectivity index (χ2n) is 3.00. The fourth-order valence-corrected chi connectivity index (χ4v) is 1.18. The average molecular weight is 215 g/mol. The van der Waals surface area contributed by atoms with Crippen LogP contribution in [0.1, 0.15) is 44.7 Å². The second kappa shape index (κ2) is 5.66. The Morgan fingerprint density at radius 3 is 2.53 bits per heavy atom. The Labute approximate surface area is 106 Å². The summed E-state index contributed by atoms with van der Waals surface area (Å²) in [6.07, 6.45) is 0. The van der Waals surface area contributed by atoms with Crippen molar-refractivity contribution in [2.45, 2.75) is 26.7 Å². The second-order valence-corrected chi connectivity index (χ2v) is 3.00. The first-order valence-corrected chi connectivity index (χ1v) is 4.44. The van der Waals surface area contributed by atoms with Crippen LogP contribution in [-0.4, -0.2) is 29.7 Å². The van der Waals surface area contributed by atoms with Crippen molar-refractivity contribution in [2.75, 3.05) is 13.0 Å². The summed E-state index contributed by atoms with van der Waals surface area (Å²) in [5, 5.41) is 0. The summed E-state index contributed by atoms with van der Waals surface area (Å²) in [4.78, 5) is 12.6. The van der Waals surface area contributed by atoms with Crippen LogP contribution in [0.2, 0.25) is 0 Å². The van der Waals surface area contributed by atoms with Gasteiger partial charge in [-0.3, -0.25) is 9.69 Å². The van der Waals surface area contributed by atoms with Crippen molar-refractivity contribution < 1.29 is 18.5 Å². The Bertz CT molecular complexity index is 581. The van der Waals surface area contributed by atoms with E-state index in [1.807, 2.05) is 0 Å². The van der Waals surface area contributed by atoms with E-state index in [4.69, 9.17) is 13.7 Å². The molecule has 1 unspecified atom stereocenters. The average Bonchev–Trinajstić information content (AvgIpc) is 2.44. The van der Waals surface area contributed by atoms with Gasteiger partial charge in [-0.25, -0.2) is 0 Å². The van der Waals surface area contributed by atoms with E-state index in [0.29, 0.717) is 0 Å². The summed E-state index contributed by atoms with van der Waals surface area (Å²) in [5.74, 6) is -0.790. The van der Waals surface area contributed by atoms with Crippen LogP contribution in [0, 0.1) is 0 Å². The molecule has 0 aliphatic rings. The normalized spacial score (nSPS) is 26.3. The number of hydrogen-bond donors (Lipinski definition) is 0. The van der Waals surface area contributed by atoms with Crippen molar-refractivity contribution in [1.82, 2.24) is 4.90 Å². The zero-order chi connectivity index (χ0) is 19.8. The Morgan fingerprint density at radius 1 is 1.40 bits per heavy atom. The molecule has 0 radical (unpaired) electrons. The standard InChI is InChI=1S/C13H19NO/c1-4-14(5-2)11(3)13(15)12-9-7-6-8-10-12/h6-11H,4-5H2,1-3H3/i1D3,2D3,4D2,5D2. The first kappa shape index (κ1) is 4.02. The van der Waals surface area contributed by atoms with Crippen LogP contribution in [0.15, 0.2) is 30.3 Å². The van der Waals surface area contributed by atoms with Crippen LogP contribution in [-0.2, 0) is 0 Å². The van der Waals surface area contributed by atoms with Crippen molar-refractivity contribution in [1.29, 1.82) is 0 Å². The molecule has 1 aromatic carbocycles. The van der Waals surface area contributed by atoms with Gasteiger partial charge < -0.3 is 0 Å². The van der Waals surface area contributed by atoms with Crippen LogP contribution >= 0.6 is 0 Å². The fourth-order valence-electron chi connectivity index (χ4n) is 1.18. The smallest absolute Gasteiger partial charge is 0.179 e. The lowest BCUT2D eigenvalue weighted by Gasteiger charge is -2.25. The van der Waals surface area contributed by atoms with Crippen molar-refractivity contribution in [2.24, 2.45) is 0 Å². The molecule has 0 spiro atoms. The highest BCUT2D eigenvalue weighted by atomic mass is 16.1. The molecule has 0 amide bonds. The Hall–Kier alpha value is -1.15. The Morgan fingerprint density at radius 2 is 2.00 bits per heavy atom. The molecule has 0 aromatic heterocycles. The molecule has 82 valence electrons. The maximum Gasteiger partial charge on any atom is 0.179 e. The van der Waals surface area contributed by atoms with E-state index in [2.05, 4.69) is 0 Å². The van der Waals surface area contributed by atoms with Gasteiger partial charge in [0.25, 0.3) is 0 Å². The van der Waals surface area contributed by atoms with Gasteiger partial charge in [-0.05, 0) is 19.9 Å². The number of rotatable bonds is 5. The van der Waals surface area contributed by atoms with Crippen LogP contribution in [0.5, 0.6) is 0 Å². The number of Topliss-reactive ketones (excluding diaryl/α,β-unsaturated/α-hetero) is 1. The first-order chi connectivity index (χ1) is 11.0. The summed E-state index contributed by atoms with van der Waals surface area (Å²) in [5.41, 5.74) is 0.0858. The summed E-state index contributed by atoms with van der Waals surface area (Å²) < 4.78 is 75.4. The molecule has 0 fully saturated rings. The van der Waals surface area contributed by atoms with Crippen LogP contribution in [0.3, 0.4) is 0 Å². The van der Waals surface area contributed by atoms with Gasteiger partial charge in [0, 0.05) is 19.3 Å². The van der Waals surface area contributed by atoms with Crippen LogP contribution in [0.4, 0.5) is 0 Å². The Balaban J connectivity index is 3.50. The lowest BCUT2D eigenvalue weighted by atomic mass is 10.0. The van der Waals surface area contributed by atoms with Crippen molar-refractivity contribution in [3.63, 3.8) is 0 Å².